The van der Waals surface area contributed by atoms with Crippen molar-refractivity contribution in [1.82, 2.24) is 20.2 Å². The summed E-state index contributed by atoms with van der Waals surface area (Å²) in [5.74, 6) is -0.723. The van der Waals surface area contributed by atoms with E-state index in [1.165, 1.54) is 23.9 Å². The van der Waals surface area contributed by atoms with Gasteiger partial charge in [-0.15, -0.1) is 5.10 Å². The van der Waals surface area contributed by atoms with E-state index >= 15 is 0 Å². The lowest BCUT2D eigenvalue weighted by Gasteiger charge is -2.11. The van der Waals surface area contributed by atoms with E-state index in [4.69, 9.17) is 4.74 Å². The molecule has 1 unspecified atom stereocenters. The average Bonchev–Trinajstić information content (AvgIpc) is 3.25. The maximum Gasteiger partial charge on any atom is 0.319 e. The van der Waals surface area contributed by atoms with Crippen LogP contribution in [0.15, 0.2) is 29.4 Å². The molecule has 2 aromatic rings. The van der Waals surface area contributed by atoms with E-state index in [1.807, 2.05) is 0 Å². The van der Waals surface area contributed by atoms with Crippen LogP contribution in [0.1, 0.15) is 31.4 Å². The summed E-state index contributed by atoms with van der Waals surface area (Å²) in [6.45, 7) is 1.79. The number of thioether (sulfide) groups is 1. The van der Waals surface area contributed by atoms with Gasteiger partial charge in [-0.1, -0.05) is 23.9 Å². The van der Waals surface area contributed by atoms with Gasteiger partial charge < -0.3 is 4.74 Å². The van der Waals surface area contributed by atoms with E-state index in [9.17, 15) is 9.18 Å². The molecule has 0 saturated heterocycles. The third-order valence-electron chi connectivity index (χ3n) is 3.24. The van der Waals surface area contributed by atoms with Crippen LogP contribution in [0.25, 0.3) is 0 Å². The smallest absolute Gasteiger partial charge is 0.319 e. The summed E-state index contributed by atoms with van der Waals surface area (Å²) in [5.41, 5.74) is 0.619. The third kappa shape index (κ3) is 3.62. The van der Waals surface area contributed by atoms with Gasteiger partial charge in [-0.3, -0.25) is 4.79 Å². The molecule has 1 aliphatic rings. The van der Waals surface area contributed by atoms with Crippen molar-refractivity contribution in [3.05, 3.63) is 35.6 Å². The number of hydrogen-bond donors (Lipinski definition) is 0. The zero-order valence-electron chi connectivity index (χ0n) is 12.0. The number of carbonyl (C=O) groups is 1. The van der Waals surface area contributed by atoms with Crippen LogP contribution >= 0.6 is 11.8 Å². The number of benzene rings is 1. The molecular formula is C14H15FN4O2S. The van der Waals surface area contributed by atoms with E-state index < -0.39 is 5.25 Å². The first-order valence-electron chi connectivity index (χ1n) is 6.99. The molecule has 6 nitrogen and oxygen atoms in total. The van der Waals surface area contributed by atoms with Crippen LogP contribution in [0.2, 0.25) is 0 Å². The van der Waals surface area contributed by atoms with Crippen molar-refractivity contribution in [2.45, 2.75) is 42.8 Å². The first-order chi connectivity index (χ1) is 10.6. The van der Waals surface area contributed by atoms with Gasteiger partial charge in [0.1, 0.15) is 17.7 Å². The van der Waals surface area contributed by atoms with Crippen molar-refractivity contribution in [3.63, 3.8) is 0 Å². The number of tetrazole rings is 1. The summed E-state index contributed by atoms with van der Waals surface area (Å²) in [4.78, 5) is 12.0. The summed E-state index contributed by atoms with van der Waals surface area (Å²) in [6.07, 6.45) is 2.13. The Balaban J connectivity index is 1.54. The number of aromatic nitrogens is 4. The lowest BCUT2D eigenvalue weighted by molar-refractivity contribution is -0.143. The summed E-state index contributed by atoms with van der Waals surface area (Å²) in [7, 11) is 0. The predicted molar refractivity (Wildman–Crippen MR) is 77.6 cm³/mol. The lowest BCUT2D eigenvalue weighted by Crippen LogP contribution is -2.17. The van der Waals surface area contributed by atoms with Crippen molar-refractivity contribution in [2.24, 2.45) is 0 Å². The maximum absolute atomic E-state index is 13.1. The van der Waals surface area contributed by atoms with Gasteiger partial charge in [0.15, 0.2) is 0 Å². The van der Waals surface area contributed by atoms with Crippen LogP contribution in [0.3, 0.4) is 0 Å². The molecule has 0 amide bonds. The molecule has 0 bridgehead atoms. The van der Waals surface area contributed by atoms with E-state index in [0.29, 0.717) is 16.8 Å². The van der Waals surface area contributed by atoms with Crippen molar-refractivity contribution < 1.29 is 13.9 Å². The van der Waals surface area contributed by atoms with Gasteiger partial charge in [-0.05, 0) is 47.9 Å². The number of carbonyl (C=O) groups excluding carboxylic acids is 1. The molecule has 0 N–H and O–H groups in total. The Bertz CT molecular complexity index is 674. The molecule has 0 radical (unpaired) electrons. The third-order valence-corrected chi connectivity index (χ3v) is 4.27. The molecule has 1 aromatic carbocycles. The summed E-state index contributed by atoms with van der Waals surface area (Å²) in [5, 5.41) is 11.7. The lowest BCUT2D eigenvalue weighted by atomic mass is 10.2. The van der Waals surface area contributed by atoms with Crippen molar-refractivity contribution in [3.8, 4) is 0 Å². The van der Waals surface area contributed by atoms with Crippen LogP contribution in [0.4, 0.5) is 4.39 Å². The molecule has 1 aromatic heterocycles. The number of halogens is 1. The standard InChI is InChI=1S/C14H15FN4O2S/c1-9(22-14-16-17-18-19(14)12-5-6-12)13(20)21-8-10-3-2-4-11(15)7-10/h2-4,7,9,12H,5-6,8H2,1H3. The summed E-state index contributed by atoms with van der Waals surface area (Å²) >= 11 is 1.27. The Kier molecular flexibility index (Phi) is 4.37. The van der Waals surface area contributed by atoms with E-state index in [0.717, 1.165) is 12.8 Å². The van der Waals surface area contributed by atoms with E-state index in [1.54, 1.807) is 23.7 Å². The van der Waals surface area contributed by atoms with Crippen molar-refractivity contribution >= 4 is 17.7 Å². The molecular weight excluding hydrogens is 307 g/mol. The monoisotopic (exact) mass is 322 g/mol. The second-order valence-corrected chi connectivity index (χ2v) is 6.44. The number of ether oxygens (including phenoxy) is 1. The number of hydrogen-bond acceptors (Lipinski definition) is 6. The quantitative estimate of drug-likeness (QED) is 0.601. The van der Waals surface area contributed by atoms with E-state index in [2.05, 4.69) is 15.5 Å². The fourth-order valence-electron chi connectivity index (χ4n) is 1.92. The molecule has 3 rings (SSSR count). The van der Waals surface area contributed by atoms with Crippen molar-refractivity contribution in [1.29, 1.82) is 0 Å². The Morgan fingerprint density at radius 1 is 1.55 bits per heavy atom. The molecule has 1 saturated carbocycles. The Morgan fingerprint density at radius 3 is 3.09 bits per heavy atom. The maximum atomic E-state index is 13.1. The number of nitrogens with zero attached hydrogens (tertiary/aromatic N) is 4. The zero-order valence-corrected chi connectivity index (χ0v) is 12.8. The second kappa shape index (κ2) is 6.43. The highest BCUT2D eigenvalue weighted by Crippen LogP contribution is 2.37. The van der Waals surface area contributed by atoms with E-state index in [-0.39, 0.29) is 18.4 Å². The van der Waals surface area contributed by atoms with Crippen LogP contribution in [-0.2, 0) is 16.1 Å². The van der Waals surface area contributed by atoms with Gasteiger partial charge in [-0.25, -0.2) is 9.07 Å². The number of rotatable bonds is 6. The average molecular weight is 322 g/mol. The van der Waals surface area contributed by atoms with Crippen LogP contribution in [0.5, 0.6) is 0 Å². The van der Waals surface area contributed by atoms with Gasteiger partial charge in [0.25, 0.3) is 0 Å². The van der Waals surface area contributed by atoms with Gasteiger partial charge in [0.2, 0.25) is 5.16 Å². The molecule has 0 spiro atoms. The Labute approximate surface area is 131 Å². The molecule has 1 atom stereocenters. The first-order valence-corrected chi connectivity index (χ1v) is 7.87. The normalized spacial score (nSPS) is 15.5. The molecule has 1 heterocycles. The Hall–Kier alpha value is -1.96. The molecule has 8 heteroatoms. The number of esters is 1. The Morgan fingerprint density at radius 2 is 2.36 bits per heavy atom. The van der Waals surface area contributed by atoms with Crippen LogP contribution in [-0.4, -0.2) is 31.4 Å². The minimum absolute atomic E-state index is 0.0507. The fourth-order valence-corrected chi connectivity index (χ4v) is 2.77. The minimum atomic E-state index is -0.433. The second-order valence-electron chi connectivity index (χ2n) is 5.13. The highest BCUT2D eigenvalue weighted by atomic mass is 32.2. The van der Waals surface area contributed by atoms with Gasteiger partial charge >= 0.3 is 5.97 Å². The highest BCUT2D eigenvalue weighted by molar-refractivity contribution is 8.00. The molecule has 1 fully saturated rings. The predicted octanol–water partition coefficient (Wildman–Crippen LogP) is 2.37. The van der Waals surface area contributed by atoms with Crippen molar-refractivity contribution in [2.75, 3.05) is 0 Å². The fraction of sp³-hybridized carbons (Fsp3) is 0.429. The molecule has 116 valence electrons. The topological polar surface area (TPSA) is 69.9 Å². The van der Waals surface area contributed by atoms with Crippen LogP contribution < -0.4 is 0 Å². The molecule has 0 aliphatic heterocycles. The zero-order chi connectivity index (χ0) is 15.5. The summed E-state index contributed by atoms with van der Waals surface area (Å²) in [6, 6.07) is 6.34. The SMILES string of the molecule is CC(Sc1nnnn1C1CC1)C(=O)OCc1cccc(F)c1. The van der Waals surface area contributed by atoms with Gasteiger partial charge in [0.05, 0.1) is 6.04 Å². The van der Waals surface area contributed by atoms with Gasteiger partial charge in [0, 0.05) is 0 Å². The molecule has 22 heavy (non-hydrogen) atoms. The van der Waals surface area contributed by atoms with Gasteiger partial charge in [-0.2, -0.15) is 0 Å². The largest absolute Gasteiger partial charge is 0.460 e. The highest BCUT2D eigenvalue weighted by Gasteiger charge is 2.29. The first kappa shape index (κ1) is 15.0. The van der Waals surface area contributed by atoms with Crippen LogP contribution in [0, 0.1) is 5.82 Å². The summed E-state index contributed by atoms with van der Waals surface area (Å²) < 4.78 is 20.0. The minimum Gasteiger partial charge on any atom is -0.460 e. The molecule has 1 aliphatic carbocycles.